The van der Waals surface area contributed by atoms with Gasteiger partial charge >= 0.3 is 12.3 Å². The molecule has 0 saturated carbocycles. The van der Waals surface area contributed by atoms with Gasteiger partial charge in [-0.2, -0.15) is 18.4 Å². The first kappa shape index (κ1) is 34.9. The summed E-state index contributed by atoms with van der Waals surface area (Å²) in [6.07, 6.45) is -2.71. The number of likely N-dealkylation sites (tertiary alicyclic amines) is 1. The Hall–Kier alpha value is -3.92. The number of nitriles is 1. The van der Waals surface area contributed by atoms with Crippen LogP contribution >= 0.6 is 12.2 Å². The second-order valence-corrected chi connectivity index (χ2v) is 13.3. The summed E-state index contributed by atoms with van der Waals surface area (Å²) in [6.45, 7) is 9.63. The molecule has 8 nitrogen and oxygen atoms in total. The van der Waals surface area contributed by atoms with Gasteiger partial charge in [0.1, 0.15) is 16.9 Å². The molecule has 0 spiro atoms. The number of thiocarbonyl (C=S) groups is 1. The minimum atomic E-state index is -4.81. The van der Waals surface area contributed by atoms with Crippen molar-refractivity contribution in [1.29, 1.82) is 5.26 Å². The number of piperidine rings is 1. The molecule has 2 aliphatic heterocycles. The van der Waals surface area contributed by atoms with Gasteiger partial charge in [-0.1, -0.05) is 0 Å². The lowest BCUT2D eigenvalue weighted by molar-refractivity contribution is -0.137. The fourth-order valence-corrected chi connectivity index (χ4v) is 6.19. The number of hydrogen-bond acceptors (Lipinski definition) is 6. The number of benzene rings is 2. The third-order valence-corrected chi connectivity index (χ3v) is 8.44. The van der Waals surface area contributed by atoms with E-state index in [0.717, 1.165) is 36.3 Å². The SMILES string of the molecule is CC(C)(C)OC(=O)N1CCC(CCOc2ccc(N3C(=S)N(c4ccc(C#N)c(C(F)(F)F)c4)C(=O)C3(C)C)cc2CCF)CC1. The van der Waals surface area contributed by atoms with Gasteiger partial charge in [0.15, 0.2) is 5.11 Å². The normalized spacial score (nSPS) is 17.3. The lowest BCUT2D eigenvalue weighted by Gasteiger charge is -2.33. The zero-order valence-corrected chi connectivity index (χ0v) is 27.4. The summed E-state index contributed by atoms with van der Waals surface area (Å²) in [6, 6.07) is 9.59. The molecule has 2 heterocycles. The molecule has 2 saturated heterocycles. The van der Waals surface area contributed by atoms with Crippen LogP contribution in [0.1, 0.15) is 70.6 Å². The van der Waals surface area contributed by atoms with Crippen molar-refractivity contribution < 1.29 is 36.6 Å². The quantitative estimate of drug-likeness (QED) is 0.215. The number of halogens is 4. The van der Waals surface area contributed by atoms with E-state index in [2.05, 4.69) is 0 Å². The van der Waals surface area contributed by atoms with E-state index in [0.29, 0.717) is 42.6 Å². The van der Waals surface area contributed by atoms with Gasteiger partial charge in [0.2, 0.25) is 0 Å². The minimum Gasteiger partial charge on any atom is -0.493 e. The van der Waals surface area contributed by atoms with Crippen LogP contribution in [0.25, 0.3) is 0 Å². The number of carbonyl (C=O) groups excluding carboxylic acids is 2. The summed E-state index contributed by atoms with van der Waals surface area (Å²) in [5.41, 5.74) is -2.67. The summed E-state index contributed by atoms with van der Waals surface area (Å²) in [5, 5.41) is 9.12. The Morgan fingerprint density at radius 1 is 1.09 bits per heavy atom. The first-order valence-corrected chi connectivity index (χ1v) is 15.5. The maximum Gasteiger partial charge on any atom is 0.417 e. The number of aryl methyl sites for hydroxylation is 1. The molecule has 248 valence electrons. The van der Waals surface area contributed by atoms with E-state index in [1.54, 1.807) is 36.9 Å². The van der Waals surface area contributed by atoms with Crippen molar-refractivity contribution in [1.82, 2.24) is 4.90 Å². The van der Waals surface area contributed by atoms with E-state index in [9.17, 15) is 27.2 Å². The van der Waals surface area contributed by atoms with E-state index in [1.165, 1.54) is 17.0 Å². The average molecular weight is 663 g/mol. The maximum atomic E-state index is 13.7. The molecule has 0 aliphatic carbocycles. The third-order valence-electron chi connectivity index (χ3n) is 8.07. The van der Waals surface area contributed by atoms with E-state index in [4.69, 9.17) is 27.0 Å². The van der Waals surface area contributed by atoms with Crippen molar-refractivity contribution in [3.05, 3.63) is 53.1 Å². The number of rotatable bonds is 8. The summed E-state index contributed by atoms with van der Waals surface area (Å²) >= 11 is 5.63. The molecule has 2 aliphatic rings. The van der Waals surface area contributed by atoms with Gasteiger partial charge in [-0.15, -0.1) is 0 Å². The summed E-state index contributed by atoms with van der Waals surface area (Å²) in [4.78, 5) is 30.2. The lowest BCUT2D eigenvalue weighted by atomic mass is 9.94. The summed E-state index contributed by atoms with van der Waals surface area (Å²) < 4.78 is 66.2. The molecular formula is C33H38F4N4O4S. The molecule has 0 aromatic heterocycles. The highest BCUT2D eigenvalue weighted by atomic mass is 32.1. The summed E-state index contributed by atoms with van der Waals surface area (Å²) in [5.74, 6) is 0.281. The number of ether oxygens (including phenoxy) is 2. The smallest absolute Gasteiger partial charge is 0.417 e. The van der Waals surface area contributed by atoms with Crippen molar-refractivity contribution >= 4 is 40.7 Å². The highest BCUT2D eigenvalue weighted by molar-refractivity contribution is 7.81. The van der Waals surface area contributed by atoms with Crippen LogP contribution < -0.4 is 14.5 Å². The van der Waals surface area contributed by atoms with Crippen LogP contribution in [-0.2, 0) is 22.1 Å². The second kappa shape index (κ2) is 13.4. The molecule has 4 rings (SSSR count). The Morgan fingerprint density at radius 3 is 2.33 bits per heavy atom. The molecule has 0 bridgehead atoms. The van der Waals surface area contributed by atoms with Crippen LogP contribution in [0.15, 0.2) is 36.4 Å². The molecule has 2 aromatic rings. The van der Waals surface area contributed by atoms with Gasteiger partial charge in [-0.05, 0) is 114 Å². The van der Waals surface area contributed by atoms with Crippen molar-refractivity contribution in [3.63, 3.8) is 0 Å². The topological polar surface area (TPSA) is 86.1 Å². The van der Waals surface area contributed by atoms with E-state index in [-0.39, 0.29) is 23.3 Å². The van der Waals surface area contributed by atoms with Gasteiger partial charge in [0.25, 0.3) is 5.91 Å². The fourth-order valence-electron chi connectivity index (χ4n) is 5.67. The number of alkyl halides is 4. The monoisotopic (exact) mass is 662 g/mol. The molecule has 13 heteroatoms. The Bertz CT molecular complexity index is 1520. The Balaban J connectivity index is 1.47. The van der Waals surface area contributed by atoms with Crippen LogP contribution in [0.5, 0.6) is 5.75 Å². The number of nitrogens with zero attached hydrogens (tertiary/aromatic N) is 4. The van der Waals surface area contributed by atoms with Gasteiger partial charge in [0.05, 0.1) is 36.2 Å². The van der Waals surface area contributed by atoms with E-state index < -0.39 is 41.0 Å². The summed E-state index contributed by atoms with van der Waals surface area (Å²) in [7, 11) is 0. The molecule has 2 amide bonds. The molecule has 0 atom stereocenters. The standard InChI is InChI=1S/C33H38F4N4O4S/c1-31(2,3)45-30(43)39-15-11-21(12-16-39)13-17-44-27-9-8-25(18-22(27)10-14-34)41-29(46)40(28(42)32(41,4)5)24-7-6-23(20-38)26(19-24)33(35,36)37/h6-9,18-19,21H,10-17H2,1-5H3. The van der Waals surface area contributed by atoms with Crippen molar-refractivity contribution in [2.45, 2.75) is 77.6 Å². The van der Waals surface area contributed by atoms with Gasteiger partial charge in [0, 0.05) is 25.2 Å². The van der Waals surface area contributed by atoms with Gasteiger partial charge < -0.3 is 19.3 Å². The van der Waals surface area contributed by atoms with Gasteiger partial charge in [-0.3, -0.25) is 14.1 Å². The van der Waals surface area contributed by atoms with Gasteiger partial charge in [-0.25, -0.2) is 4.79 Å². The van der Waals surface area contributed by atoms with E-state index in [1.807, 2.05) is 20.8 Å². The van der Waals surface area contributed by atoms with Crippen LogP contribution in [-0.4, -0.2) is 59.5 Å². The molecule has 46 heavy (non-hydrogen) atoms. The van der Waals surface area contributed by atoms with E-state index >= 15 is 0 Å². The number of anilines is 2. The Labute approximate surface area is 271 Å². The maximum absolute atomic E-state index is 13.7. The van der Waals surface area contributed by atoms with Crippen LogP contribution in [0.2, 0.25) is 0 Å². The number of hydrogen-bond donors (Lipinski definition) is 0. The zero-order chi connectivity index (χ0) is 34.0. The zero-order valence-electron chi connectivity index (χ0n) is 26.5. The molecule has 0 unspecified atom stereocenters. The predicted octanol–water partition coefficient (Wildman–Crippen LogP) is 7.42. The second-order valence-electron chi connectivity index (χ2n) is 12.9. The molecule has 0 radical (unpaired) electrons. The lowest BCUT2D eigenvalue weighted by Crippen LogP contribution is -2.44. The van der Waals surface area contributed by atoms with Crippen LogP contribution in [0.4, 0.5) is 33.7 Å². The molecule has 2 fully saturated rings. The molecule has 2 aromatic carbocycles. The molecule has 0 N–H and O–H groups in total. The first-order chi connectivity index (χ1) is 21.5. The highest BCUT2D eigenvalue weighted by Crippen LogP contribution is 2.40. The minimum absolute atomic E-state index is 0.0424. The van der Waals surface area contributed by atoms with Crippen LogP contribution in [0.3, 0.4) is 0 Å². The first-order valence-electron chi connectivity index (χ1n) is 15.1. The van der Waals surface area contributed by atoms with Crippen molar-refractivity contribution in [3.8, 4) is 11.8 Å². The van der Waals surface area contributed by atoms with Crippen molar-refractivity contribution in [2.24, 2.45) is 5.92 Å². The molecular weight excluding hydrogens is 624 g/mol. The van der Waals surface area contributed by atoms with Crippen molar-refractivity contribution in [2.75, 3.05) is 36.2 Å². The predicted molar refractivity (Wildman–Crippen MR) is 170 cm³/mol. The third kappa shape index (κ3) is 7.54. The Morgan fingerprint density at radius 2 is 1.74 bits per heavy atom. The average Bonchev–Trinajstić information content (AvgIpc) is 3.15. The van der Waals surface area contributed by atoms with Crippen LogP contribution in [0, 0.1) is 17.2 Å². The number of carbonyl (C=O) groups is 2. The largest absolute Gasteiger partial charge is 0.493 e. The highest BCUT2D eigenvalue weighted by Gasteiger charge is 2.51. The fraction of sp³-hybridized carbons (Fsp3) is 0.515. The number of amides is 2. The Kier molecular flexibility index (Phi) is 10.2.